The van der Waals surface area contributed by atoms with Crippen LogP contribution < -0.4 is 15.5 Å². The average Bonchev–Trinajstić information content (AvgIpc) is 2.64. The molecule has 2 N–H and O–H groups in total. The van der Waals surface area contributed by atoms with E-state index in [1.165, 1.54) is 0 Å². The van der Waals surface area contributed by atoms with Crippen LogP contribution >= 0.6 is 35.6 Å². The van der Waals surface area contributed by atoms with E-state index >= 15 is 0 Å². The lowest BCUT2D eigenvalue weighted by atomic mass is 10.0. The van der Waals surface area contributed by atoms with Gasteiger partial charge in [-0.25, -0.2) is 4.99 Å². The Morgan fingerprint density at radius 3 is 2.75 bits per heavy atom. The molecule has 0 radical (unpaired) electrons. The maximum absolute atomic E-state index is 11.9. The van der Waals surface area contributed by atoms with Crippen LogP contribution in [0.5, 0.6) is 0 Å². The number of piperidine rings is 1. The summed E-state index contributed by atoms with van der Waals surface area (Å²) >= 11 is 6.36. The zero-order valence-electron chi connectivity index (χ0n) is 16.9. The predicted molar refractivity (Wildman–Crippen MR) is 129 cm³/mol. The first kappa shape index (κ1) is 24.6. The number of nitrogens with one attached hydrogen (secondary N) is 2. The van der Waals surface area contributed by atoms with Gasteiger partial charge in [-0.2, -0.15) is 0 Å². The van der Waals surface area contributed by atoms with Crippen molar-refractivity contribution in [2.75, 3.05) is 45.2 Å². The third-order valence-corrected chi connectivity index (χ3v) is 4.70. The van der Waals surface area contributed by atoms with Gasteiger partial charge >= 0.3 is 0 Å². The van der Waals surface area contributed by atoms with Gasteiger partial charge in [0, 0.05) is 39.8 Å². The SMILES string of the molecule is C=C(C)CNC(=NCC(=O)N(C)C)NC1CCCN(c2ccccc2Cl)C1.I. The van der Waals surface area contributed by atoms with Crippen LogP contribution in [0, 0.1) is 0 Å². The number of aliphatic imine (C=N–C) groups is 1. The lowest BCUT2D eigenvalue weighted by molar-refractivity contribution is -0.127. The molecule has 1 aliphatic rings. The quantitative estimate of drug-likeness (QED) is 0.262. The van der Waals surface area contributed by atoms with E-state index in [4.69, 9.17) is 11.6 Å². The standard InChI is InChI=1S/C20H30ClN5O.HI/c1-15(2)12-22-20(23-13-19(27)25(3)4)24-16-8-7-11-26(14-16)18-10-6-5-9-17(18)21;/h5-6,9-10,16H,1,7-8,11-14H2,2-4H3,(H2,22,23,24);1H. The summed E-state index contributed by atoms with van der Waals surface area (Å²) in [5.41, 5.74) is 2.06. The van der Waals surface area contributed by atoms with Gasteiger partial charge in [0.2, 0.25) is 5.91 Å². The van der Waals surface area contributed by atoms with Crippen LogP contribution in [0.25, 0.3) is 0 Å². The number of nitrogens with zero attached hydrogens (tertiary/aromatic N) is 3. The van der Waals surface area contributed by atoms with Crippen molar-refractivity contribution in [2.24, 2.45) is 4.99 Å². The van der Waals surface area contributed by atoms with E-state index in [9.17, 15) is 4.79 Å². The second-order valence-electron chi connectivity index (χ2n) is 7.14. The Morgan fingerprint density at radius 2 is 2.11 bits per heavy atom. The number of amides is 1. The molecule has 1 amide bonds. The fraction of sp³-hybridized carbons (Fsp3) is 0.500. The van der Waals surface area contributed by atoms with E-state index in [0.29, 0.717) is 12.5 Å². The van der Waals surface area contributed by atoms with Crippen molar-refractivity contribution in [1.29, 1.82) is 0 Å². The number of benzene rings is 1. The molecule has 0 bridgehead atoms. The van der Waals surface area contributed by atoms with E-state index in [-0.39, 0.29) is 42.5 Å². The average molecular weight is 520 g/mol. The van der Waals surface area contributed by atoms with Gasteiger partial charge in [-0.1, -0.05) is 35.9 Å². The molecule has 0 aliphatic carbocycles. The van der Waals surface area contributed by atoms with Gasteiger partial charge in [-0.3, -0.25) is 4.79 Å². The Balaban J connectivity index is 0.00000392. The second-order valence-corrected chi connectivity index (χ2v) is 7.55. The normalized spacial score (nSPS) is 16.8. The lowest BCUT2D eigenvalue weighted by Crippen LogP contribution is -2.51. The van der Waals surface area contributed by atoms with Crippen molar-refractivity contribution in [2.45, 2.75) is 25.8 Å². The van der Waals surface area contributed by atoms with E-state index < -0.39 is 0 Å². The molecule has 1 saturated heterocycles. The van der Waals surface area contributed by atoms with Crippen molar-refractivity contribution in [3.63, 3.8) is 0 Å². The number of halogens is 2. The lowest BCUT2D eigenvalue weighted by Gasteiger charge is -2.36. The summed E-state index contributed by atoms with van der Waals surface area (Å²) in [6.07, 6.45) is 2.10. The number of anilines is 1. The number of guanidine groups is 1. The summed E-state index contributed by atoms with van der Waals surface area (Å²) in [5, 5.41) is 7.49. The smallest absolute Gasteiger partial charge is 0.243 e. The molecule has 1 unspecified atom stereocenters. The van der Waals surface area contributed by atoms with Crippen molar-refractivity contribution in [3.8, 4) is 0 Å². The number of rotatable bonds is 6. The molecule has 1 fully saturated rings. The molecule has 8 heteroatoms. The van der Waals surface area contributed by atoms with Crippen LogP contribution in [0.4, 0.5) is 5.69 Å². The largest absolute Gasteiger partial charge is 0.368 e. The molecule has 1 atom stereocenters. The van der Waals surface area contributed by atoms with Crippen LogP contribution in [0.2, 0.25) is 5.02 Å². The maximum atomic E-state index is 11.9. The van der Waals surface area contributed by atoms with Gasteiger partial charge in [0.15, 0.2) is 5.96 Å². The topological polar surface area (TPSA) is 60.0 Å². The first-order chi connectivity index (χ1) is 12.9. The highest BCUT2D eigenvalue weighted by Crippen LogP contribution is 2.27. The van der Waals surface area contributed by atoms with Gasteiger partial charge < -0.3 is 20.4 Å². The highest BCUT2D eigenvalue weighted by atomic mass is 127. The Morgan fingerprint density at radius 1 is 1.39 bits per heavy atom. The van der Waals surface area contributed by atoms with Crippen LogP contribution in [0.15, 0.2) is 41.4 Å². The number of hydrogen-bond acceptors (Lipinski definition) is 3. The third kappa shape index (κ3) is 7.87. The minimum Gasteiger partial charge on any atom is -0.368 e. The minimum atomic E-state index is -0.0345. The molecule has 6 nitrogen and oxygen atoms in total. The monoisotopic (exact) mass is 519 g/mol. The third-order valence-electron chi connectivity index (χ3n) is 4.38. The number of hydrogen-bond donors (Lipinski definition) is 2. The molecular formula is C20H31ClIN5O. The van der Waals surface area contributed by atoms with Gasteiger partial charge in [-0.15, -0.1) is 24.0 Å². The number of para-hydroxylation sites is 1. The molecule has 0 spiro atoms. The summed E-state index contributed by atoms with van der Waals surface area (Å²) in [7, 11) is 3.46. The highest BCUT2D eigenvalue weighted by molar-refractivity contribution is 14.0. The molecule has 156 valence electrons. The number of carbonyl (C=O) groups is 1. The zero-order chi connectivity index (χ0) is 19.8. The Labute approximate surface area is 190 Å². The first-order valence-electron chi connectivity index (χ1n) is 9.25. The molecule has 2 rings (SSSR count). The molecule has 0 aromatic heterocycles. The summed E-state index contributed by atoms with van der Waals surface area (Å²) in [5.74, 6) is 0.604. The molecule has 1 aromatic carbocycles. The fourth-order valence-corrected chi connectivity index (χ4v) is 3.15. The van der Waals surface area contributed by atoms with Gasteiger partial charge in [0.25, 0.3) is 0 Å². The van der Waals surface area contributed by atoms with Crippen molar-refractivity contribution >= 4 is 53.1 Å². The number of likely N-dealkylation sites (N-methyl/N-ethyl adjacent to an activating group) is 1. The van der Waals surface area contributed by atoms with Gasteiger partial charge in [0.05, 0.1) is 10.7 Å². The molecule has 1 aromatic rings. The fourth-order valence-electron chi connectivity index (χ4n) is 2.89. The van der Waals surface area contributed by atoms with E-state index in [1.807, 2.05) is 25.1 Å². The molecular weight excluding hydrogens is 489 g/mol. The molecule has 0 saturated carbocycles. The van der Waals surface area contributed by atoms with Crippen LogP contribution in [0.3, 0.4) is 0 Å². The van der Waals surface area contributed by atoms with Crippen LogP contribution in [-0.4, -0.2) is 63.1 Å². The van der Waals surface area contributed by atoms with Gasteiger partial charge in [-0.05, 0) is 31.9 Å². The van der Waals surface area contributed by atoms with E-state index in [0.717, 1.165) is 42.2 Å². The Kier molecular flexibility index (Phi) is 10.7. The predicted octanol–water partition coefficient (Wildman–Crippen LogP) is 3.13. The Bertz CT molecular complexity index is 695. The summed E-state index contributed by atoms with van der Waals surface area (Å²) in [6.45, 7) is 8.41. The van der Waals surface area contributed by atoms with Gasteiger partial charge in [0.1, 0.15) is 6.54 Å². The van der Waals surface area contributed by atoms with Crippen molar-refractivity contribution in [3.05, 3.63) is 41.4 Å². The van der Waals surface area contributed by atoms with Crippen molar-refractivity contribution < 1.29 is 4.79 Å². The summed E-state index contributed by atoms with van der Waals surface area (Å²) in [6, 6.07) is 8.14. The van der Waals surface area contributed by atoms with Crippen LogP contribution in [0.1, 0.15) is 19.8 Å². The zero-order valence-corrected chi connectivity index (χ0v) is 20.0. The van der Waals surface area contributed by atoms with Crippen LogP contribution in [-0.2, 0) is 4.79 Å². The summed E-state index contributed by atoms with van der Waals surface area (Å²) < 4.78 is 0. The first-order valence-corrected chi connectivity index (χ1v) is 9.63. The number of carbonyl (C=O) groups excluding carboxylic acids is 1. The molecule has 28 heavy (non-hydrogen) atoms. The summed E-state index contributed by atoms with van der Waals surface area (Å²) in [4.78, 5) is 20.2. The minimum absolute atomic E-state index is 0. The maximum Gasteiger partial charge on any atom is 0.243 e. The molecule has 1 aliphatic heterocycles. The van der Waals surface area contributed by atoms with Crippen molar-refractivity contribution in [1.82, 2.24) is 15.5 Å². The second kappa shape index (κ2) is 12.2. The highest BCUT2D eigenvalue weighted by Gasteiger charge is 2.22. The molecule has 1 heterocycles. The van der Waals surface area contributed by atoms with E-state index in [2.05, 4.69) is 33.2 Å². The Hall–Kier alpha value is -1.48. The van der Waals surface area contributed by atoms with E-state index in [1.54, 1.807) is 19.0 Å².